The molecule has 1 aliphatic rings. The van der Waals surface area contributed by atoms with Gasteiger partial charge < -0.3 is 19.4 Å². The van der Waals surface area contributed by atoms with Crippen molar-refractivity contribution in [3.8, 4) is 22.5 Å². The van der Waals surface area contributed by atoms with Crippen LogP contribution in [-0.2, 0) is 17.6 Å². The monoisotopic (exact) mass is 965 g/mol. The zero-order valence-corrected chi connectivity index (χ0v) is 39.6. The molecular weight excluding hydrogens is 921 g/mol. The van der Waals surface area contributed by atoms with E-state index in [0.29, 0.717) is 19.5 Å². The minimum atomic E-state index is -0.522. The Kier molecular flexibility index (Phi) is 12.9. The van der Waals surface area contributed by atoms with Crippen molar-refractivity contribution in [1.29, 1.82) is 0 Å². The summed E-state index contributed by atoms with van der Waals surface area (Å²) in [5.41, 5.74) is 8.20. The van der Waals surface area contributed by atoms with Gasteiger partial charge >= 0.3 is 6.09 Å². The average Bonchev–Trinajstić information content (AvgIpc) is 4.11. The molecule has 0 saturated carbocycles. The van der Waals surface area contributed by atoms with Crippen LogP contribution in [-0.4, -0.2) is 82.9 Å². The van der Waals surface area contributed by atoms with E-state index in [0.717, 1.165) is 95.8 Å². The Morgan fingerprint density at radius 3 is 1.69 bits per heavy atom. The van der Waals surface area contributed by atoms with E-state index in [1.165, 1.54) is 46.9 Å². The smallest absolute Gasteiger partial charge is 0.410 e. The molecule has 0 unspecified atom stereocenters. The molecule has 0 atom stereocenters. The number of hydrogen-bond acceptors (Lipinski definition) is 12. The maximum Gasteiger partial charge on any atom is 0.410 e. The van der Waals surface area contributed by atoms with Gasteiger partial charge in [-0.2, -0.15) is 19.2 Å². The molecule has 64 heavy (non-hydrogen) atoms. The standard InChI is InChI=1S/C28H31FN6O2S.C18H15BrFN5S/c1-6-21-25(33(5)26-31-23(17-38-26)18-7-9-20(29)10-8-18)35-24(30-21)12-11-22(32-35)19-13-15-34(16-14-19)27(36)37-28(2,3)4;1-3-13-17(25-16(21-13)9-8-15(19)23-25)24(2)18-22-14(10-26-18)11-4-6-12(20)7-5-11/h7-13,17H,6,14-16H2,1-5H3;4-10H,3H2,1-2H3. The number of carbonyl (C=O) groups excluding carboxylic acids is 1. The molecule has 18 heteroatoms. The van der Waals surface area contributed by atoms with Crippen molar-refractivity contribution in [2.24, 2.45) is 0 Å². The van der Waals surface area contributed by atoms with E-state index >= 15 is 0 Å². The quantitative estimate of drug-likeness (QED) is 0.138. The molecule has 9 rings (SSSR count). The Bertz CT molecular complexity index is 2970. The molecule has 8 aromatic rings. The summed E-state index contributed by atoms with van der Waals surface area (Å²) in [6.45, 7) is 10.8. The fourth-order valence-corrected chi connectivity index (χ4v) is 9.04. The number of imidazole rings is 2. The molecule has 0 fully saturated rings. The van der Waals surface area contributed by atoms with Crippen LogP contribution in [0.4, 0.5) is 35.5 Å². The first kappa shape index (κ1) is 44.5. The number of hydrogen-bond donors (Lipinski definition) is 0. The molecule has 6 aromatic heterocycles. The van der Waals surface area contributed by atoms with Crippen molar-refractivity contribution in [3.63, 3.8) is 0 Å². The Hall–Kier alpha value is -6.11. The fraction of sp³-hybridized carbons (Fsp3) is 0.283. The fourth-order valence-electron chi connectivity index (χ4n) is 7.15. The Morgan fingerprint density at radius 1 is 0.719 bits per heavy atom. The van der Waals surface area contributed by atoms with Crippen molar-refractivity contribution >= 4 is 83.5 Å². The molecule has 7 heterocycles. The van der Waals surface area contributed by atoms with Gasteiger partial charge in [-0.05, 0) is 134 Å². The van der Waals surface area contributed by atoms with Crippen molar-refractivity contribution in [2.45, 2.75) is 59.5 Å². The van der Waals surface area contributed by atoms with Crippen molar-refractivity contribution in [2.75, 3.05) is 37.0 Å². The van der Waals surface area contributed by atoms with Gasteiger partial charge in [0.1, 0.15) is 21.8 Å². The lowest BCUT2D eigenvalue weighted by molar-refractivity contribution is 0.0270. The van der Waals surface area contributed by atoms with Crippen LogP contribution in [0.25, 0.3) is 39.4 Å². The van der Waals surface area contributed by atoms with Gasteiger partial charge in [0.15, 0.2) is 33.2 Å². The third kappa shape index (κ3) is 9.54. The van der Waals surface area contributed by atoms with Gasteiger partial charge in [0.2, 0.25) is 0 Å². The highest BCUT2D eigenvalue weighted by atomic mass is 79.9. The molecule has 0 aliphatic carbocycles. The van der Waals surface area contributed by atoms with E-state index in [9.17, 15) is 13.6 Å². The van der Waals surface area contributed by atoms with Gasteiger partial charge in [-0.15, -0.1) is 22.7 Å². The van der Waals surface area contributed by atoms with Crippen LogP contribution in [0.5, 0.6) is 0 Å². The number of carbonyl (C=O) groups is 1. The topological polar surface area (TPSA) is 122 Å². The van der Waals surface area contributed by atoms with Crippen LogP contribution in [0.3, 0.4) is 0 Å². The predicted molar refractivity (Wildman–Crippen MR) is 254 cm³/mol. The van der Waals surface area contributed by atoms with Gasteiger partial charge in [-0.1, -0.05) is 19.9 Å². The lowest BCUT2D eigenvalue weighted by Gasteiger charge is -2.29. The Labute approximate surface area is 385 Å². The van der Waals surface area contributed by atoms with Crippen LogP contribution >= 0.6 is 38.6 Å². The number of halogens is 3. The van der Waals surface area contributed by atoms with Gasteiger partial charge in [0, 0.05) is 49.1 Å². The highest BCUT2D eigenvalue weighted by Gasteiger charge is 2.26. The first-order valence-corrected chi connectivity index (χ1v) is 23.2. The Balaban J connectivity index is 0.000000188. The minimum Gasteiger partial charge on any atom is -0.444 e. The molecule has 1 aliphatic heterocycles. The van der Waals surface area contributed by atoms with E-state index < -0.39 is 5.60 Å². The van der Waals surface area contributed by atoms with E-state index in [1.54, 1.807) is 29.2 Å². The summed E-state index contributed by atoms with van der Waals surface area (Å²) < 4.78 is 36.4. The van der Waals surface area contributed by atoms with Gasteiger partial charge in [0.25, 0.3) is 0 Å². The van der Waals surface area contributed by atoms with Crippen molar-refractivity contribution in [3.05, 3.63) is 123 Å². The van der Waals surface area contributed by atoms with E-state index in [2.05, 4.69) is 39.9 Å². The van der Waals surface area contributed by atoms with Gasteiger partial charge in [0.05, 0.1) is 28.5 Å². The SMILES string of the molecule is CCc1nc2ccc(Br)nn2c1N(C)c1nc(-c2ccc(F)cc2)cs1.CCc1nc2ccc(C3=CCN(C(=O)OC(C)(C)C)CC3)nn2c1N(C)c1nc(-c2ccc(F)cc2)cs1. The van der Waals surface area contributed by atoms with Crippen LogP contribution in [0, 0.1) is 11.6 Å². The normalized spacial score (nSPS) is 12.9. The molecule has 0 bridgehead atoms. The second-order valence-electron chi connectivity index (χ2n) is 16.0. The number of ether oxygens (including phenoxy) is 1. The zero-order valence-electron chi connectivity index (χ0n) is 36.4. The number of rotatable bonds is 9. The largest absolute Gasteiger partial charge is 0.444 e. The molecule has 2 aromatic carbocycles. The summed E-state index contributed by atoms with van der Waals surface area (Å²) in [7, 11) is 3.92. The van der Waals surface area contributed by atoms with Gasteiger partial charge in [-0.3, -0.25) is 0 Å². The van der Waals surface area contributed by atoms with Crippen LogP contribution in [0.1, 0.15) is 58.1 Å². The molecule has 0 saturated heterocycles. The number of amides is 1. The molecule has 0 spiro atoms. The first-order valence-electron chi connectivity index (χ1n) is 20.7. The summed E-state index contributed by atoms with van der Waals surface area (Å²) in [5.74, 6) is 1.23. The van der Waals surface area contributed by atoms with Gasteiger partial charge in [-0.25, -0.2) is 33.5 Å². The molecule has 0 N–H and O–H groups in total. The lowest BCUT2D eigenvalue weighted by atomic mass is 10.0. The zero-order chi connectivity index (χ0) is 45.3. The highest BCUT2D eigenvalue weighted by molar-refractivity contribution is 9.10. The highest BCUT2D eigenvalue weighted by Crippen LogP contribution is 2.36. The van der Waals surface area contributed by atoms with Crippen LogP contribution < -0.4 is 9.80 Å². The number of thiazole rings is 2. The number of aromatic nitrogens is 8. The molecule has 13 nitrogen and oxygen atoms in total. The third-order valence-corrected chi connectivity index (χ3v) is 12.6. The number of nitrogens with zero attached hydrogens (tertiary/aromatic N) is 11. The van der Waals surface area contributed by atoms with E-state index in [1.807, 2.05) is 94.8 Å². The van der Waals surface area contributed by atoms with E-state index in [-0.39, 0.29) is 17.7 Å². The van der Waals surface area contributed by atoms with E-state index in [4.69, 9.17) is 24.8 Å². The molecule has 1 amide bonds. The van der Waals surface area contributed by atoms with Crippen LogP contribution in [0.15, 0.2) is 94.2 Å². The maximum absolute atomic E-state index is 13.4. The maximum atomic E-state index is 13.4. The predicted octanol–water partition coefficient (Wildman–Crippen LogP) is 11.4. The number of aryl methyl sites for hydroxylation is 2. The number of anilines is 4. The first-order chi connectivity index (χ1) is 30.7. The second kappa shape index (κ2) is 18.5. The number of benzene rings is 2. The minimum absolute atomic E-state index is 0.253. The summed E-state index contributed by atoms with van der Waals surface area (Å²) >= 11 is 6.46. The lowest BCUT2D eigenvalue weighted by Crippen LogP contribution is -2.39. The molecule has 330 valence electrons. The third-order valence-electron chi connectivity index (χ3n) is 10.3. The summed E-state index contributed by atoms with van der Waals surface area (Å²) in [6, 6.07) is 20.5. The van der Waals surface area contributed by atoms with Crippen molar-refractivity contribution < 1.29 is 18.3 Å². The molecular formula is C46H46BrF2N11O2S2. The second-order valence-corrected chi connectivity index (χ2v) is 18.4. The van der Waals surface area contributed by atoms with Crippen molar-refractivity contribution in [1.82, 2.24) is 44.1 Å². The number of fused-ring (bicyclic) bond motifs is 2. The average molecular weight is 967 g/mol. The molecule has 0 radical (unpaired) electrons. The van der Waals surface area contributed by atoms with Crippen LogP contribution in [0.2, 0.25) is 0 Å². The summed E-state index contributed by atoms with van der Waals surface area (Å²) in [6.07, 6.45) is 3.95. The summed E-state index contributed by atoms with van der Waals surface area (Å²) in [5, 5.41) is 15.0. The summed E-state index contributed by atoms with van der Waals surface area (Å²) in [4.78, 5) is 37.2. The Morgan fingerprint density at radius 2 is 1.22 bits per heavy atom.